The van der Waals surface area contributed by atoms with Gasteiger partial charge in [0.1, 0.15) is 0 Å². The van der Waals surface area contributed by atoms with Gasteiger partial charge in [-0.2, -0.15) is 0 Å². The molecule has 0 atom stereocenters. The third-order valence-electron chi connectivity index (χ3n) is 3.71. The lowest BCUT2D eigenvalue weighted by Gasteiger charge is -2.36. The quantitative estimate of drug-likeness (QED) is 0.764. The Bertz CT molecular complexity index is 324. The van der Waals surface area contributed by atoms with E-state index in [1.54, 1.807) is 0 Å². The number of rotatable bonds is 3. The minimum absolute atomic E-state index is 1.03. The number of piperazine rings is 1. The third kappa shape index (κ3) is 2.38. The van der Waals surface area contributed by atoms with Crippen LogP contribution in [-0.4, -0.2) is 37.6 Å². The summed E-state index contributed by atoms with van der Waals surface area (Å²) in [4.78, 5) is 5.14. The van der Waals surface area contributed by atoms with Crippen molar-refractivity contribution in [1.82, 2.24) is 4.90 Å². The molecule has 1 saturated heterocycles. The van der Waals surface area contributed by atoms with Crippen LogP contribution < -0.4 is 4.90 Å². The first kappa shape index (κ1) is 10.2. The normalized spacial score (nSPS) is 22.4. The maximum Gasteiger partial charge on any atom is 0.0367 e. The molecule has 1 aliphatic carbocycles. The number of anilines is 1. The first-order valence-corrected chi connectivity index (χ1v) is 6.44. The molecule has 0 N–H and O–H groups in total. The zero-order valence-electron chi connectivity index (χ0n) is 9.81. The van der Waals surface area contributed by atoms with Crippen LogP contribution in [0.15, 0.2) is 30.3 Å². The minimum Gasteiger partial charge on any atom is -0.369 e. The first-order chi connectivity index (χ1) is 7.92. The zero-order chi connectivity index (χ0) is 10.8. The SMILES string of the molecule is c1ccc(N2CCN(CC3CC3)CC2)cc1. The van der Waals surface area contributed by atoms with E-state index in [9.17, 15) is 0 Å². The van der Waals surface area contributed by atoms with Gasteiger partial charge in [0.25, 0.3) is 0 Å². The summed E-state index contributed by atoms with van der Waals surface area (Å²) in [7, 11) is 0. The topological polar surface area (TPSA) is 6.48 Å². The van der Waals surface area contributed by atoms with Gasteiger partial charge < -0.3 is 4.90 Å². The molecule has 0 amide bonds. The van der Waals surface area contributed by atoms with E-state index in [1.165, 1.54) is 51.3 Å². The smallest absolute Gasteiger partial charge is 0.0367 e. The Morgan fingerprint density at radius 1 is 0.938 bits per heavy atom. The molecule has 3 rings (SSSR count). The summed E-state index contributed by atoms with van der Waals surface area (Å²) in [6.45, 7) is 6.22. The van der Waals surface area contributed by atoms with Gasteiger partial charge in [-0.05, 0) is 30.9 Å². The van der Waals surface area contributed by atoms with Crippen LogP contribution in [0.25, 0.3) is 0 Å². The number of benzene rings is 1. The fourth-order valence-electron chi connectivity index (χ4n) is 2.49. The van der Waals surface area contributed by atoms with Crippen LogP contribution >= 0.6 is 0 Å². The van der Waals surface area contributed by atoms with E-state index in [0.717, 1.165) is 5.92 Å². The van der Waals surface area contributed by atoms with Crippen molar-refractivity contribution < 1.29 is 0 Å². The monoisotopic (exact) mass is 216 g/mol. The van der Waals surface area contributed by atoms with Gasteiger partial charge in [0, 0.05) is 38.4 Å². The fourth-order valence-corrected chi connectivity index (χ4v) is 2.49. The van der Waals surface area contributed by atoms with Crippen molar-refractivity contribution in [2.24, 2.45) is 5.92 Å². The number of hydrogen-bond acceptors (Lipinski definition) is 2. The van der Waals surface area contributed by atoms with Crippen LogP contribution in [0.4, 0.5) is 5.69 Å². The highest BCUT2D eigenvalue weighted by atomic mass is 15.3. The van der Waals surface area contributed by atoms with Crippen molar-refractivity contribution in [3.8, 4) is 0 Å². The van der Waals surface area contributed by atoms with E-state index in [4.69, 9.17) is 0 Å². The summed E-state index contributed by atoms with van der Waals surface area (Å²) in [5.41, 5.74) is 1.38. The summed E-state index contributed by atoms with van der Waals surface area (Å²) >= 11 is 0. The second-order valence-corrected chi connectivity index (χ2v) is 5.07. The predicted molar refractivity (Wildman–Crippen MR) is 67.8 cm³/mol. The Hall–Kier alpha value is -1.02. The Kier molecular flexibility index (Phi) is 2.83. The van der Waals surface area contributed by atoms with Crippen molar-refractivity contribution in [2.45, 2.75) is 12.8 Å². The van der Waals surface area contributed by atoms with Crippen LogP contribution in [-0.2, 0) is 0 Å². The molecule has 0 aromatic heterocycles. The van der Waals surface area contributed by atoms with E-state index in [2.05, 4.69) is 40.1 Å². The van der Waals surface area contributed by atoms with Crippen molar-refractivity contribution >= 4 is 5.69 Å². The average Bonchev–Trinajstić information content (AvgIpc) is 3.15. The van der Waals surface area contributed by atoms with Gasteiger partial charge in [0.15, 0.2) is 0 Å². The lowest BCUT2D eigenvalue weighted by atomic mass is 10.2. The zero-order valence-corrected chi connectivity index (χ0v) is 9.81. The average molecular weight is 216 g/mol. The Morgan fingerprint density at radius 2 is 1.62 bits per heavy atom. The molecule has 2 heteroatoms. The molecule has 2 fully saturated rings. The molecule has 0 radical (unpaired) electrons. The van der Waals surface area contributed by atoms with Crippen molar-refractivity contribution in [3.63, 3.8) is 0 Å². The van der Waals surface area contributed by atoms with Gasteiger partial charge >= 0.3 is 0 Å². The number of nitrogens with zero attached hydrogens (tertiary/aromatic N) is 2. The highest BCUT2D eigenvalue weighted by Gasteiger charge is 2.26. The van der Waals surface area contributed by atoms with Gasteiger partial charge in [-0.25, -0.2) is 0 Å². The summed E-state index contributed by atoms with van der Waals surface area (Å²) in [5, 5.41) is 0. The molecule has 0 spiro atoms. The maximum atomic E-state index is 2.64. The molecule has 16 heavy (non-hydrogen) atoms. The van der Waals surface area contributed by atoms with E-state index in [0.29, 0.717) is 0 Å². The lowest BCUT2D eigenvalue weighted by Crippen LogP contribution is -2.47. The number of para-hydroxylation sites is 1. The Balaban J connectivity index is 1.53. The molecule has 86 valence electrons. The molecule has 2 aliphatic rings. The van der Waals surface area contributed by atoms with Crippen LogP contribution in [0.1, 0.15) is 12.8 Å². The van der Waals surface area contributed by atoms with E-state index < -0.39 is 0 Å². The highest BCUT2D eigenvalue weighted by molar-refractivity contribution is 5.46. The van der Waals surface area contributed by atoms with Crippen molar-refractivity contribution in [3.05, 3.63) is 30.3 Å². The summed E-state index contributed by atoms with van der Waals surface area (Å²) in [6, 6.07) is 10.8. The largest absolute Gasteiger partial charge is 0.369 e. The van der Waals surface area contributed by atoms with Gasteiger partial charge in [0.2, 0.25) is 0 Å². The predicted octanol–water partition coefficient (Wildman–Crippen LogP) is 2.22. The molecular formula is C14H20N2. The molecule has 1 heterocycles. The molecular weight excluding hydrogens is 196 g/mol. The highest BCUT2D eigenvalue weighted by Crippen LogP contribution is 2.30. The fraction of sp³-hybridized carbons (Fsp3) is 0.571. The van der Waals surface area contributed by atoms with Crippen LogP contribution in [0, 0.1) is 5.92 Å². The van der Waals surface area contributed by atoms with Crippen molar-refractivity contribution in [1.29, 1.82) is 0 Å². The summed E-state index contributed by atoms with van der Waals surface area (Å²) in [6.07, 6.45) is 2.94. The lowest BCUT2D eigenvalue weighted by molar-refractivity contribution is 0.248. The molecule has 1 aromatic carbocycles. The van der Waals surface area contributed by atoms with Gasteiger partial charge in [-0.3, -0.25) is 4.90 Å². The first-order valence-electron chi connectivity index (χ1n) is 6.44. The van der Waals surface area contributed by atoms with Crippen LogP contribution in [0.2, 0.25) is 0 Å². The molecule has 1 aromatic rings. The molecule has 1 aliphatic heterocycles. The third-order valence-corrected chi connectivity index (χ3v) is 3.71. The van der Waals surface area contributed by atoms with Crippen molar-refractivity contribution in [2.75, 3.05) is 37.6 Å². The Morgan fingerprint density at radius 3 is 2.25 bits per heavy atom. The second kappa shape index (κ2) is 4.46. The minimum atomic E-state index is 1.03. The van der Waals surface area contributed by atoms with Crippen LogP contribution in [0.5, 0.6) is 0 Å². The van der Waals surface area contributed by atoms with Crippen LogP contribution in [0.3, 0.4) is 0 Å². The summed E-state index contributed by atoms with van der Waals surface area (Å²) < 4.78 is 0. The van der Waals surface area contributed by atoms with Gasteiger partial charge in [0.05, 0.1) is 0 Å². The van der Waals surface area contributed by atoms with Gasteiger partial charge in [-0.15, -0.1) is 0 Å². The molecule has 2 nitrogen and oxygen atoms in total. The summed E-state index contributed by atoms with van der Waals surface area (Å²) in [5.74, 6) is 1.03. The molecule has 1 saturated carbocycles. The maximum absolute atomic E-state index is 2.64. The number of hydrogen-bond donors (Lipinski definition) is 0. The Labute approximate surface area is 97.9 Å². The van der Waals surface area contributed by atoms with E-state index >= 15 is 0 Å². The standard InChI is InChI=1S/C14H20N2/c1-2-4-14(5-3-1)16-10-8-15(9-11-16)12-13-6-7-13/h1-5,13H,6-12H2. The molecule has 0 bridgehead atoms. The van der Waals surface area contributed by atoms with E-state index in [-0.39, 0.29) is 0 Å². The van der Waals surface area contributed by atoms with E-state index in [1.807, 2.05) is 0 Å². The molecule has 0 unspecified atom stereocenters. The second-order valence-electron chi connectivity index (χ2n) is 5.07. The van der Waals surface area contributed by atoms with Gasteiger partial charge in [-0.1, -0.05) is 18.2 Å².